The van der Waals surface area contributed by atoms with Crippen molar-refractivity contribution in [3.8, 4) is 11.3 Å². The van der Waals surface area contributed by atoms with Gasteiger partial charge in [-0.05, 0) is 19.1 Å². The number of thiazole rings is 1. The van der Waals surface area contributed by atoms with Crippen LogP contribution in [0.3, 0.4) is 0 Å². The maximum Gasteiger partial charge on any atom is 0.264 e. The van der Waals surface area contributed by atoms with Crippen LogP contribution >= 0.6 is 11.3 Å². The number of hydrogen-bond donors (Lipinski definition) is 1. The highest BCUT2D eigenvalue weighted by Crippen LogP contribution is 2.25. The standard InChI is InChI=1S/C20H14N2O3S/c1-12-6-8-13(9-7-12)16-11-26-20(21-16)22-19(24)15-10-25-17-5-3-2-4-14(17)18(15)23/h2-11H,1H3,(H,21,22,24). The molecule has 0 bridgehead atoms. The second-order valence-electron chi connectivity index (χ2n) is 5.83. The van der Waals surface area contributed by atoms with Gasteiger partial charge in [-0.25, -0.2) is 4.98 Å². The Bertz CT molecular complexity index is 1160. The minimum Gasteiger partial charge on any atom is -0.463 e. The SMILES string of the molecule is Cc1ccc(-c2csc(NC(=O)c3coc4ccccc4c3=O)n2)cc1. The van der Waals surface area contributed by atoms with Gasteiger partial charge in [-0.1, -0.05) is 42.0 Å². The molecule has 0 unspecified atom stereocenters. The number of nitrogens with one attached hydrogen (secondary N) is 1. The molecule has 2 aromatic heterocycles. The fourth-order valence-electron chi connectivity index (χ4n) is 2.59. The van der Waals surface area contributed by atoms with Crippen LogP contribution in [-0.4, -0.2) is 10.9 Å². The molecule has 0 fully saturated rings. The molecule has 1 amide bonds. The Morgan fingerprint density at radius 2 is 1.88 bits per heavy atom. The first kappa shape index (κ1) is 16.2. The molecule has 128 valence electrons. The van der Waals surface area contributed by atoms with Gasteiger partial charge in [0.1, 0.15) is 17.4 Å². The molecule has 4 rings (SSSR count). The minimum absolute atomic E-state index is 0.0456. The van der Waals surface area contributed by atoms with Crippen molar-refractivity contribution in [3.05, 3.63) is 81.5 Å². The molecule has 6 heteroatoms. The third-order valence-electron chi connectivity index (χ3n) is 4.00. The zero-order valence-corrected chi connectivity index (χ0v) is 14.7. The summed E-state index contributed by atoms with van der Waals surface area (Å²) in [5, 5.41) is 5.34. The van der Waals surface area contributed by atoms with Crippen molar-refractivity contribution in [3.63, 3.8) is 0 Å². The molecule has 1 N–H and O–H groups in total. The van der Waals surface area contributed by atoms with E-state index in [4.69, 9.17) is 4.42 Å². The monoisotopic (exact) mass is 362 g/mol. The molecule has 0 radical (unpaired) electrons. The molecule has 0 spiro atoms. The molecule has 5 nitrogen and oxygen atoms in total. The molecule has 2 aromatic carbocycles. The molecule has 2 heterocycles. The molecule has 4 aromatic rings. The highest BCUT2D eigenvalue weighted by atomic mass is 32.1. The topological polar surface area (TPSA) is 72.2 Å². The summed E-state index contributed by atoms with van der Waals surface area (Å²) in [4.78, 5) is 29.4. The van der Waals surface area contributed by atoms with Crippen LogP contribution in [0.1, 0.15) is 15.9 Å². The van der Waals surface area contributed by atoms with Gasteiger partial charge in [-0.3, -0.25) is 14.9 Å². The number of hydrogen-bond acceptors (Lipinski definition) is 5. The fraction of sp³-hybridized carbons (Fsp3) is 0.0500. The van der Waals surface area contributed by atoms with Crippen LogP contribution in [0.5, 0.6) is 0 Å². The number of benzene rings is 2. The summed E-state index contributed by atoms with van der Waals surface area (Å²) in [5.41, 5.74) is 2.95. The van der Waals surface area contributed by atoms with E-state index in [0.717, 1.165) is 11.3 Å². The van der Waals surface area contributed by atoms with Crippen molar-refractivity contribution >= 4 is 33.3 Å². The highest BCUT2D eigenvalue weighted by molar-refractivity contribution is 7.14. The minimum atomic E-state index is -0.533. The summed E-state index contributed by atoms with van der Waals surface area (Å²) < 4.78 is 5.39. The van der Waals surface area contributed by atoms with Crippen LogP contribution < -0.4 is 10.7 Å². The third kappa shape index (κ3) is 3.02. The summed E-state index contributed by atoms with van der Waals surface area (Å²) in [6, 6.07) is 14.8. The van der Waals surface area contributed by atoms with Crippen molar-refractivity contribution in [2.45, 2.75) is 6.92 Å². The zero-order chi connectivity index (χ0) is 18.1. The number of amides is 1. The smallest absolute Gasteiger partial charge is 0.264 e. The maximum absolute atomic E-state index is 12.5. The van der Waals surface area contributed by atoms with E-state index < -0.39 is 5.91 Å². The first-order valence-electron chi connectivity index (χ1n) is 7.96. The lowest BCUT2D eigenvalue weighted by Crippen LogP contribution is -2.21. The molecule has 0 aliphatic carbocycles. The van der Waals surface area contributed by atoms with Gasteiger partial charge in [0, 0.05) is 10.9 Å². The fourth-order valence-corrected chi connectivity index (χ4v) is 3.30. The van der Waals surface area contributed by atoms with Crippen molar-refractivity contribution in [1.82, 2.24) is 4.98 Å². The van der Waals surface area contributed by atoms with E-state index in [1.165, 1.54) is 23.2 Å². The molecular formula is C20H14N2O3S. The molecular weight excluding hydrogens is 348 g/mol. The van der Waals surface area contributed by atoms with Gasteiger partial charge in [-0.2, -0.15) is 0 Å². The summed E-state index contributed by atoms with van der Waals surface area (Å²) in [5.74, 6) is -0.533. The van der Waals surface area contributed by atoms with Crippen LogP contribution in [0.25, 0.3) is 22.2 Å². The number of fused-ring (bicyclic) bond motifs is 1. The third-order valence-corrected chi connectivity index (χ3v) is 4.75. The van der Waals surface area contributed by atoms with Gasteiger partial charge in [0.15, 0.2) is 5.13 Å². The molecule has 26 heavy (non-hydrogen) atoms. The van der Waals surface area contributed by atoms with Crippen LogP contribution in [0.2, 0.25) is 0 Å². The predicted molar refractivity (Wildman–Crippen MR) is 103 cm³/mol. The summed E-state index contributed by atoms with van der Waals surface area (Å²) in [6.45, 7) is 2.02. The van der Waals surface area contributed by atoms with E-state index >= 15 is 0 Å². The Hall–Kier alpha value is -3.25. The number of carbonyl (C=O) groups is 1. The van der Waals surface area contributed by atoms with E-state index in [9.17, 15) is 9.59 Å². The van der Waals surface area contributed by atoms with Crippen molar-refractivity contribution in [2.75, 3.05) is 5.32 Å². The maximum atomic E-state index is 12.5. The van der Waals surface area contributed by atoms with Crippen molar-refractivity contribution < 1.29 is 9.21 Å². The number of carbonyl (C=O) groups excluding carboxylic acids is 1. The van der Waals surface area contributed by atoms with E-state index in [1.54, 1.807) is 24.3 Å². The number of rotatable bonds is 3. The average molecular weight is 362 g/mol. The van der Waals surface area contributed by atoms with E-state index in [0.29, 0.717) is 16.1 Å². The zero-order valence-electron chi connectivity index (χ0n) is 13.9. The number of anilines is 1. The second kappa shape index (κ2) is 6.57. The Morgan fingerprint density at radius 3 is 2.69 bits per heavy atom. The van der Waals surface area contributed by atoms with Gasteiger partial charge in [0.05, 0.1) is 11.1 Å². The van der Waals surface area contributed by atoms with Crippen LogP contribution in [0.15, 0.2) is 69.4 Å². The van der Waals surface area contributed by atoms with Crippen molar-refractivity contribution in [1.29, 1.82) is 0 Å². The summed E-state index contributed by atoms with van der Waals surface area (Å²) >= 11 is 1.31. The van der Waals surface area contributed by atoms with Crippen LogP contribution in [0, 0.1) is 6.92 Å². The number of para-hydroxylation sites is 1. The first-order chi connectivity index (χ1) is 12.6. The molecule has 0 aliphatic heterocycles. The number of aryl methyl sites for hydroxylation is 1. The second-order valence-corrected chi connectivity index (χ2v) is 6.69. The molecule has 0 saturated heterocycles. The molecule has 0 atom stereocenters. The van der Waals surface area contributed by atoms with Gasteiger partial charge in [-0.15, -0.1) is 11.3 Å². The Morgan fingerprint density at radius 1 is 1.12 bits per heavy atom. The predicted octanol–water partition coefficient (Wildman–Crippen LogP) is 4.48. The van der Waals surface area contributed by atoms with Crippen LogP contribution in [0.4, 0.5) is 5.13 Å². The normalized spacial score (nSPS) is 10.8. The molecule has 0 aliphatic rings. The quantitative estimate of drug-likeness (QED) is 0.583. The highest BCUT2D eigenvalue weighted by Gasteiger charge is 2.16. The first-order valence-corrected chi connectivity index (χ1v) is 8.84. The van der Waals surface area contributed by atoms with Gasteiger partial charge in [0.2, 0.25) is 5.43 Å². The lowest BCUT2D eigenvalue weighted by atomic mass is 10.1. The van der Waals surface area contributed by atoms with E-state index in [1.807, 2.05) is 36.6 Å². The van der Waals surface area contributed by atoms with Crippen molar-refractivity contribution in [2.24, 2.45) is 0 Å². The lowest BCUT2D eigenvalue weighted by Gasteiger charge is -2.02. The van der Waals surface area contributed by atoms with Crippen LogP contribution in [-0.2, 0) is 0 Å². The van der Waals surface area contributed by atoms with Gasteiger partial charge >= 0.3 is 0 Å². The number of aromatic nitrogens is 1. The Balaban J connectivity index is 1.60. The Labute approximate surface area is 152 Å². The molecule has 0 saturated carbocycles. The summed E-state index contributed by atoms with van der Waals surface area (Å²) in [6.07, 6.45) is 1.19. The number of nitrogens with zero attached hydrogens (tertiary/aromatic N) is 1. The largest absolute Gasteiger partial charge is 0.463 e. The lowest BCUT2D eigenvalue weighted by molar-refractivity contribution is 0.102. The Kier molecular flexibility index (Phi) is 4.10. The van der Waals surface area contributed by atoms with Gasteiger partial charge < -0.3 is 4.42 Å². The van der Waals surface area contributed by atoms with E-state index in [2.05, 4.69) is 10.3 Å². The van der Waals surface area contributed by atoms with Gasteiger partial charge in [0.25, 0.3) is 5.91 Å². The summed E-state index contributed by atoms with van der Waals surface area (Å²) in [7, 11) is 0. The average Bonchev–Trinajstić information content (AvgIpc) is 3.11. The van der Waals surface area contributed by atoms with E-state index in [-0.39, 0.29) is 11.0 Å².